The number of hydrogen-bond acceptors (Lipinski definition) is 4. The topological polar surface area (TPSA) is 76.1 Å². The summed E-state index contributed by atoms with van der Waals surface area (Å²) < 4.78 is 0. The van der Waals surface area contributed by atoms with E-state index in [1.54, 1.807) is 0 Å². The van der Waals surface area contributed by atoms with Gasteiger partial charge in [-0.2, -0.15) is 0 Å². The Kier molecular flexibility index (Phi) is 19.9. The van der Waals surface area contributed by atoms with Gasteiger partial charge in [0.25, 0.3) is 0 Å². The molecule has 6 N–H and O–H groups in total. The smallest absolute Gasteiger partial charge is 0.00772 e. The van der Waals surface area contributed by atoms with Gasteiger partial charge in [-0.1, -0.05) is 0 Å². The number of hydrogen-bond donors (Lipinski definition) is 4. The molecule has 0 aliphatic rings. The highest BCUT2D eigenvalue weighted by molar-refractivity contribution is 4.51. The summed E-state index contributed by atoms with van der Waals surface area (Å²) in [7, 11) is 0. The Morgan fingerprint density at radius 2 is 1.08 bits per heavy atom. The Morgan fingerprint density at radius 1 is 0.750 bits per heavy atom. The van der Waals surface area contributed by atoms with E-state index in [0.717, 1.165) is 26.2 Å². The second-order valence-electron chi connectivity index (χ2n) is 2.08. The highest BCUT2D eigenvalue weighted by Crippen LogP contribution is 1.57. The average Bonchev–Trinajstić information content (AvgIpc) is 2.15. The summed E-state index contributed by atoms with van der Waals surface area (Å²) in [6.45, 7) is 11.1. The van der Waals surface area contributed by atoms with E-state index >= 15 is 0 Å². The van der Waals surface area contributed by atoms with Gasteiger partial charge in [0.15, 0.2) is 0 Å². The fraction of sp³-hybridized carbons (Fsp3) is 0.750. The molecule has 74 valence electrons. The summed E-state index contributed by atoms with van der Waals surface area (Å²) in [6.07, 6.45) is 0. The minimum Gasteiger partial charge on any atom is -0.329 e. The monoisotopic (exact) mass is 174 g/mol. The minimum atomic E-state index is 0.705. The van der Waals surface area contributed by atoms with Gasteiger partial charge in [-0.3, -0.25) is 0 Å². The van der Waals surface area contributed by atoms with Crippen LogP contribution in [0, 0.1) is 0 Å². The van der Waals surface area contributed by atoms with E-state index in [0.29, 0.717) is 13.1 Å². The van der Waals surface area contributed by atoms with Crippen molar-refractivity contribution < 1.29 is 0 Å². The molecule has 0 bridgehead atoms. The molecule has 0 spiro atoms. The molecule has 0 heterocycles. The van der Waals surface area contributed by atoms with Crippen molar-refractivity contribution in [3.05, 3.63) is 13.2 Å². The number of rotatable bonds is 7. The van der Waals surface area contributed by atoms with Crippen LogP contribution in [0.25, 0.3) is 0 Å². The SMILES string of the molecule is C=C.NCCNCCNCCN. The molecule has 0 rings (SSSR count). The molecule has 4 heteroatoms. The highest BCUT2D eigenvalue weighted by Gasteiger charge is 1.83. The van der Waals surface area contributed by atoms with Crippen LogP contribution in [0.2, 0.25) is 0 Å². The van der Waals surface area contributed by atoms with Gasteiger partial charge >= 0.3 is 0 Å². The third kappa shape index (κ3) is 16.3. The van der Waals surface area contributed by atoms with E-state index in [1.807, 2.05) is 0 Å². The molecule has 0 unspecified atom stereocenters. The lowest BCUT2D eigenvalue weighted by Gasteiger charge is -2.03. The largest absolute Gasteiger partial charge is 0.329 e. The van der Waals surface area contributed by atoms with Crippen molar-refractivity contribution in [1.29, 1.82) is 0 Å². The zero-order chi connectivity index (χ0) is 9.66. The zero-order valence-electron chi connectivity index (χ0n) is 7.81. The molecule has 0 saturated carbocycles. The molecule has 0 saturated heterocycles. The van der Waals surface area contributed by atoms with E-state index in [4.69, 9.17) is 11.5 Å². The summed E-state index contributed by atoms with van der Waals surface area (Å²) in [5.41, 5.74) is 10.5. The van der Waals surface area contributed by atoms with Crippen molar-refractivity contribution >= 4 is 0 Å². The van der Waals surface area contributed by atoms with Crippen LogP contribution in [-0.2, 0) is 0 Å². The lowest BCUT2D eigenvalue weighted by Crippen LogP contribution is -2.32. The van der Waals surface area contributed by atoms with Gasteiger partial charge in [-0.05, 0) is 0 Å². The molecular formula is C8H22N4. The molecule has 0 fully saturated rings. The summed E-state index contributed by atoms with van der Waals surface area (Å²) in [6, 6.07) is 0. The van der Waals surface area contributed by atoms with Crippen LogP contribution in [0.1, 0.15) is 0 Å². The third-order valence-corrected chi connectivity index (χ3v) is 1.12. The molecule has 0 atom stereocenters. The molecule has 0 aliphatic heterocycles. The fourth-order valence-electron chi connectivity index (χ4n) is 0.631. The number of nitrogens with two attached hydrogens (primary N) is 2. The standard InChI is InChI=1S/C6H18N4.C2H4/c7-1-3-9-5-6-10-4-2-8;1-2/h9-10H,1-8H2;1-2H2. The van der Waals surface area contributed by atoms with Gasteiger partial charge in [0.1, 0.15) is 0 Å². The van der Waals surface area contributed by atoms with Crippen LogP contribution in [0.4, 0.5) is 0 Å². The second-order valence-corrected chi connectivity index (χ2v) is 2.08. The predicted molar refractivity (Wildman–Crippen MR) is 55.1 cm³/mol. The van der Waals surface area contributed by atoms with Crippen molar-refractivity contribution in [3.8, 4) is 0 Å². The third-order valence-electron chi connectivity index (χ3n) is 1.12. The quantitative estimate of drug-likeness (QED) is 0.291. The Morgan fingerprint density at radius 3 is 1.33 bits per heavy atom. The van der Waals surface area contributed by atoms with E-state index in [2.05, 4.69) is 23.8 Å². The van der Waals surface area contributed by atoms with E-state index in [9.17, 15) is 0 Å². The first-order chi connectivity index (χ1) is 5.91. The van der Waals surface area contributed by atoms with Crippen molar-refractivity contribution in [1.82, 2.24) is 10.6 Å². The van der Waals surface area contributed by atoms with Crippen molar-refractivity contribution in [2.45, 2.75) is 0 Å². The first kappa shape index (κ1) is 14.1. The Balaban J connectivity index is 0. The minimum absolute atomic E-state index is 0.705. The fourth-order valence-corrected chi connectivity index (χ4v) is 0.631. The van der Waals surface area contributed by atoms with Crippen LogP contribution in [-0.4, -0.2) is 39.3 Å². The van der Waals surface area contributed by atoms with Crippen LogP contribution in [0.5, 0.6) is 0 Å². The lowest BCUT2D eigenvalue weighted by molar-refractivity contribution is 0.618. The molecule has 12 heavy (non-hydrogen) atoms. The van der Waals surface area contributed by atoms with Crippen LogP contribution in [0.3, 0.4) is 0 Å². The highest BCUT2D eigenvalue weighted by atomic mass is 14.9. The van der Waals surface area contributed by atoms with Crippen molar-refractivity contribution in [3.63, 3.8) is 0 Å². The van der Waals surface area contributed by atoms with Gasteiger partial charge < -0.3 is 22.1 Å². The average molecular weight is 174 g/mol. The maximum absolute atomic E-state index is 5.27. The molecule has 0 radical (unpaired) electrons. The van der Waals surface area contributed by atoms with Crippen LogP contribution < -0.4 is 22.1 Å². The van der Waals surface area contributed by atoms with E-state index < -0.39 is 0 Å². The summed E-state index contributed by atoms with van der Waals surface area (Å²) in [5, 5.41) is 6.33. The van der Waals surface area contributed by atoms with Crippen LogP contribution in [0.15, 0.2) is 13.2 Å². The summed E-state index contributed by atoms with van der Waals surface area (Å²) >= 11 is 0. The Hall–Kier alpha value is -0.420. The maximum atomic E-state index is 5.27. The molecule has 0 aromatic rings. The van der Waals surface area contributed by atoms with Gasteiger partial charge in [0, 0.05) is 39.3 Å². The normalized spacial score (nSPS) is 8.83. The predicted octanol–water partition coefficient (Wildman–Crippen LogP) is -1.11. The van der Waals surface area contributed by atoms with Gasteiger partial charge in [0.2, 0.25) is 0 Å². The number of nitrogens with one attached hydrogen (secondary N) is 2. The summed E-state index contributed by atoms with van der Waals surface area (Å²) in [4.78, 5) is 0. The maximum Gasteiger partial charge on any atom is 0.00772 e. The van der Waals surface area contributed by atoms with Gasteiger partial charge in [0.05, 0.1) is 0 Å². The molecule has 0 aromatic carbocycles. The zero-order valence-corrected chi connectivity index (χ0v) is 7.81. The lowest BCUT2D eigenvalue weighted by atomic mass is 10.5. The first-order valence-electron chi connectivity index (χ1n) is 4.23. The van der Waals surface area contributed by atoms with Crippen molar-refractivity contribution in [2.24, 2.45) is 11.5 Å². The van der Waals surface area contributed by atoms with Gasteiger partial charge in [-0.25, -0.2) is 0 Å². The molecule has 0 aliphatic carbocycles. The Bertz CT molecular complexity index is 60.1. The van der Waals surface area contributed by atoms with E-state index in [1.165, 1.54) is 0 Å². The second kappa shape index (κ2) is 16.9. The summed E-state index contributed by atoms with van der Waals surface area (Å²) in [5.74, 6) is 0. The molecular weight excluding hydrogens is 152 g/mol. The molecule has 0 amide bonds. The van der Waals surface area contributed by atoms with Crippen molar-refractivity contribution in [2.75, 3.05) is 39.3 Å². The Labute approximate surface area is 75.4 Å². The molecule has 0 aromatic heterocycles. The first-order valence-corrected chi connectivity index (χ1v) is 4.23. The van der Waals surface area contributed by atoms with E-state index in [-0.39, 0.29) is 0 Å². The van der Waals surface area contributed by atoms with Crippen LogP contribution >= 0.6 is 0 Å². The molecule has 4 nitrogen and oxygen atoms in total. The van der Waals surface area contributed by atoms with Gasteiger partial charge in [-0.15, -0.1) is 13.2 Å².